The van der Waals surface area contributed by atoms with E-state index < -0.39 is 0 Å². The number of nitrogens with zero attached hydrogens (tertiary/aromatic N) is 3. The van der Waals surface area contributed by atoms with Crippen molar-refractivity contribution in [3.8, 4) is 11.1 Å². The average Bonchev–Trinajstić information content (AvgIpc) is 3.03. The highest BCUT2D eigenvalue weighted by Crippen LogP contribution is 2.35. The molecule has 2 aromatic heterocycles. The van der Waals surface area contributed by atoms with Crippen LogP contribution in [0.1, 0.15) is 30.0 Å². The van der Waals surface area contributed by atoms with Crippen molar-refractivity contribution in [2.24, 2.45) is 0 Å². The van der Waals surface area contributed by atoms with Crippen LogP contribution < -0.4 is 11.1 Å². The van der Waals surface area contributed by atoms with Gasteiger partial charge in [0, 0.05) is 18.0 Å². The predicted molar refractivity (Wildman–Crippen MR) is 100 cm³/mol. The fourth-order valence-electron chi connectivity index (χ4n) is 3.31. The van der Waals surface area contributed by atoms with E-state index in [2.05, 4.69) is 57.5 Å². The lowest BCUT2D eigenvalue weighted by Gasteiger charge is -2.23. The predicted octanol–water partition coefficient (Wildman–Crippen LogP) is 3.52. The maximum atomic E-state index is 6.33. The van der Waals surface area contributed by atoms with Gasteiger partial charge >= 0.3 is 0 Å². The van der Waals surface area contributed by atoms with Gasteiger partial charge in [0.15, 0.2) is 5.65 Å². The number of rotatable bonds is 2. The second kappa shape index (κ2) is 6.18. The lowest BCUT2D eigenvalue weighted by atomic mass is 9.96. The van der Waals surface area contributed by atoms with Gasteiger partial charge in [-0.15, -0.1) is 0 Å². The van der Waals surface area contributed by atoms with Crippen molar-refractivity contribution in [2.45, 2.75) is 25.7 Å². The number of hydrogen-bond donors (Lipinski definition) is 2. The largest absolute Gasteiger partial charge is 0.383 e. The van der Waals surface area contributed by atoms with Crippen LogP contribution in [0.3, 0.4) is 0 Å². The minimum atomic E-state index is 0.376. The van der Waals surface area contributed by atoms with Gasteiger partial charge in [-0.2, -0.15) is 9.61 Å². The van der Waals surface area contributed by atoms with Gasteiger partial charge in [0.05, 0.1) is 16.4 Å². The lowest BCUT2D eigenvalue weighted by molar-refractivity contribution is 0.453. The molecule has 3 aromatic rings. The normalized spacial score (nSPS) is 18.2. The van der Waals surface area contributed by atoms with Crippen molar-refractivity contribution in [2.75, 3.05) is 18.8 Å². The van der Waals surface area contributed by atoms with Gasteiger partial charge in [-0.3, -0.25) is 0 Å². The molecule has 3 N–H and O–H groups in total. The van der Waals surface area contributed by atoms with Crippen molar-refractivity contribution >= 4 is 27.4 Å². The first-order chi connectivity index (χ1) is 11.6. The third-order valence-electron chi connectivity index (χ3n) is 4.69. The summed E-state index contributed by atoms with van der Waals surface area (Å²) in [7, 11) is 0. The molecule has 1 unspecified atom stereocenters. The summed E-state index contributed by atoms with van der Waals surface area (Å²) in [5, 5.41) is 7.90. The van der Waals surface area contributed by atoms with E-state index >= 15 is 0 Å². The molecule has 1 fully saturated rings. The third-order valence-corrected chi connectivity index (χ3v) is 5.51. The Bertz CT molecular complexity index is 879. The quantitative estimate of drug-likeness (QED) is 0.707. The number of halogens is 1. The van der Waals surface area contributed by atoms with Crippen LogP contribution in [-0.4, -0.2) is 27.7 Å². The molecule has 0 bridgehead atoms. The van der Waals surface area contributed by atoms with E-state index in [4.69, 9.17) is 10.7 Å². The number of nitrogens with one attached hydrogen (secondary N) is 1. The van der Waals surface area contributed by atoms with Crippen molar-refractivity contribution in [3.05, 3.63) is 46.2 Å². The topological polar surface area (TPSA) is 68.2 Å². The highest BCUT2D eigenvalue weighted by Gasteiger charge is 2.23. The highest BCUT2D eigenvalue weighted by atomic mass is 79.9. The minimum absolute atomic E-state index is 0.376. The third kappa shape index (κ3) is 2.59. The minimum Gasteiger partial charge on any atom is -0.383 e. The zero-order valence-electron chi connectivity index (χ0n) is 13.6. The van der Waals surface area contributed by atoms with Crippen molar-refractivity contribution in [1.82, 2.24) is 19.9 Å². The van der Waals surface area contributed by atoms with E-state index in [1.807, 2.05) is 6.20 Å². The molecule has 124 valence electrons. The summed E-state index contributed by atoms with van der Waals surface area (Å²) in [6.45, 7) is 4.10. The van der Waals surface area contributed by atoms with Gasteiger partial charge in [-0.05, 0) is 47.8 Å². The summed E-state index contributed by atoms with van der Waals surface area (Å²) in [6, 6.07) is 8.42. The Morgan fingerprint density at radius 1 is 1.29 bits per heavy atom. The van der Waals surface area contributed by atoms with E-state index in [0.29, 0.717) is 11.7 Å². The van der Waals surface area contributed by atoms with Crippen LogP contribution in [0.2, 0.25) is 0 Å². The summed E-state index contributed by atoms with van der Waals surface area (Å²) in [5.74, 6) is 0.986. The summed E-state index contributed by atoms with van der Waals surface area (Å²) in [5.41, 5.74) is 11.5. The van der Waals surface area contributed by atoms with Crippen LogP contribution in [0.15, 0.2) is 34.9 Å². The van der Waals surface area contributed by atoms with Crippen molar-refractivity contribution < 1.29 is 0 Å². The van der Waals surface area contributed by atoms with E-state index in [-0.39, 0.29) is 0 Å². The Labute approximate surface area is 149 Å². The van der Waals surface area contributed by atoms with E-state index in [1.54, 1.807) is 4.52 Å². The molecular weight excluding hydrogens is 366 g/mol. The molecule has 6 heteroatoms. The fourth-order valence-corrected chi connectivity index (χ4v) is 3.89. The van der Waals surface area contributed by atoms with Gasteiger partial charge < -0.3 is 11.1 Å². The maximum absolute atomic E-state index is 6.33. The summed E-state index contributed by atoms with van der Waals surface area (Å²) >= 11 is 3.64. The molecule has 0 aliphatic carbocycles. The summed E-state index contributed by atoms with van der Waals surface area (Å²) in [4.78, 5) is 4.95. The number of aryl methyl sites for hydroxylation is 1. The first-order valence-corrected chi connectivity index (χ1v) is 9.05. The van der Waals surface area contributed by atoms with E-state index in [0.717, 1.165) is 52.9 Å². The molecule has 1 aliphatic heterocycles. The number of benzene rings is 1. The molecule has 24 heavy (non-hydrogen) atoms. The van der Waals surface area contributed by atoms with Crippen LogP contribution in [0.25, 0.3) is 16.8 Å². The maximum Gasteiger partial charge on any atom is 0.165 e. The van der Waals surface area contributed by atoms with Crippen LogP contribution >= 0.6 is 15.9 Å². The summed E-state index contributed by atoms with van der Waals surface area (Å²) < 4.78 is 2.58. The molecule has 1 saturated heterocycles. The molecule has 0 amide bonds. The standard InChI is InChI=1S/C18H20BrN5/c1-11-4-6-12(7-5-11)14-10-22-24-17(20)15(19)16(23-18(14)24)13-3-2-8-21-9-13/h4-7,10,13,21H,2-3,8-9,20H2,1H3. The molecule has 1 aliphatic rings. The van der Waals surface area contributed by atoms with Gasteiger partial charge in [0.2, 0.25) is 0 Å². The highest BCUT2D eigenvalue weighted by molar-refractivity contribution is 9.10. The zero-order valence-corrected chi connectivity index (χ0v) is 15.2. The molecule has 1 aromatic carbocycles. The Balaban J connectivity index is 1.88. The van der Waals surface area contributed by atoms with E-state index in [1.165, 1.54) is 5.56 Å². The van der Waals surface area contributed by atoms with Crippen LogP contribution in [0, 0.1) is 6.92 Å². The van der Waals surface area contributed by atoms with Crippen LogP contribution in [-0.2, 0) is 0 Å². The number of nitrogen functional groups attached to an aromatic ring is 1. The van der Waals surface area contributed by atoms with Gasteiger partial charge in [-0.25, -0.2) is 4.98 Å². The van der Waals surface area contributed by atoms with Gasteiger partial charge in [-0.1, -0.05) is 29.8 Å². The first kappa shape index (κ1) is 15.6. The van der Waals surface area contributed by atoms with Crippen molar-refractivity contribution in [3.63, 3.8) is 0 Å². The van der Waals surface area contributed by atoms with Gasteiger partial charge in [0.25, 0.3) is 0 Å². The molecule has 0 saturated carbocycles. The molecule has 5 nitrogen and oxygen atoms in total. The Kier molecular flexibility index (Phi) is 4.02. The molecule has 3 heterocycles. The molecule has 0 spiro atoms. The monoisotopic (exact) mass is 385 g/mol. The average molecular weight is 386 g/mol. The zero-order chi connectivity index (χ0) is 16.7. The van der Waals surface area contributed by atoms with Crippen LogP contribution in [0.5, 0.6) is 0 Å². The Morgan fingerprint density at radius 3 is 2.79 bits per heavy atom. The smallest absolute Gasteiger partial charge is 0.165 e. The number of fused-ring (bicyclic) bond motifs is 1. The molecule has 1 atom stereocenters. The molecule has 4 rings (SSSR count). The number of nitrogens with two attached hydrogens (primary N) is 1. The van der Waals surface area contributed by atoms with Crippen molar-refractivity contribution in [1.29, 1.82) is 0 Å². The first-order valence-electron chi connectivity index (χ1n) is 8.25. The fraction of sp³-hybridized carbons (Fsp3) is 0.333. The number of hydrogen-bond acceptors (Lipinski definition) is 4. The lowest BCUT2D eigenvalue weighted by Crippen LogP contribution is -2.29. The SMILES string of the molecule is Cc1ccc(-c2cnn3c(N)c(Br)c(C4CCCNC4)nc23)cc1. The Morgan fingerprint density at radius 2 is 2.08 bits per heavy atom. The number of piperidine rings is 1. The number of anilines is 1. The Hall–Kier alpha value is -1.92. The second-order valence-corrected chi connectivity index (χ2v) is 7.19. The molecular formula is C18H20BrN5. The van der Waals surface area contributed by atoms with Crippen LogP contribution in [0.4, 0.5) is 5.82 Å². The summed E-state index contributed by atoms with van der Waals surface area (Å²) in [6.07, 6.45) is 4.13. The molecule has 0 radical (unpaired) electrons. The van der Waals surface area contributed by atoms with E-state index in [9.17, 15) is 0 Å². The second-order valence-electron chi connectivity index (χ2n) is 6.40. The number of aromatic nitrogens is 3. The van der Waals surface area contributed by atoms with Gasteiger partial charge in [0.1, 0.15) is 5.82 Å².